The van der Waals surface area contributed by atoms with Crippen molar-refractivity contribution >= 4 is 0 Å². The van der Waals surface area contributed by atoms with Crippen LogP contribution >= 0.6 is 0 Å². The summed E-state index contributed by atoms with van der Waals surface area (Å²) >= 11 is 0. The minimum Gasteiger partial charge on any atom is -0.313 e. The van der Waals surface area contributed by atoms with Crippen LogP contribution in [0.1, 0.15) is 25.0 Å². The molecule has 0 saturated heterocycles. The van der Waals surface area contributed by atoms with Crippen molar-refractivity contribution in [3.05, 3.63) is 47.8 Å². The van der Waals surface area contributed by atoms with Gasteiger partial charge in [-0.05, 0) is 24.7 Å². The molecule has 1 N–H and O–H groups in total. The van der Waals surface area contributed by atoms with E-state index in [1.807, 2.05) is 18.2 Å². The zero-order valence-corrected chi connectivity index (χ0v) is 11.4. The number of hydrogen-bond acceptors (Lipinski definition) is 2. The van der Waals surface area contributed by atoms with E-state index in [0.717, 1.165) is 37.3 Å². The molecule has 100 valence electrons. The van der Waals surface area contributed by atoms with Crippen LogP contribution in [-0.2, 0) is 13.1 Å². The molecule has 0 amide bonds. The molecule has 0 bridgehead atoms. The van der Waals surface area contributed by atoms with Gasteiger partial charge in [0.15, 0.2) is 0 Å². The summed E-state index contributed by atoms with van der Waals surface area (Å²) in [5, 5.41) is 3.25. The molecular weight excluding hydrogens is 227 g/mol. The lowest BCUT2D eigenvalue weighted by atomic mass is 10.1. The minimum atomic E-state index is -0.127. The second-order valence-corrected chi connectivity index (χ2v) is 4.32. The molecule has 1 rings (SSSR count). The molecule has 0 heterocycles. The maximum absolute atomic E-state index is 13.8. The number of likely N-dealkylation sites (N-methyl/N-ethyl adjacent to an activating group) is 1. The predicted octanol–water partition coefficient (Wildman–Crippen LogP) is 2.94. The third-order valence-corrected chi connectivity index (χ3v) is 2.92. The van der Waals surface area contributed by atoms with Crippen LogP contribution in [0.25, 0.3) is 0 Å². The number of benzene rings is 1. The zero-order chi connectivity index (χ0) is 13.4. The van der Waals surface area contributed by atoms with Crippen molar-refractivity contribution in [2.75, 3.05) is 19.6 Å². The van der Waals surface area contributed by atoms with Crippen LogP contribution in [0.15, 0.2) is 30.9 Å². The van der Waals surface area contributed by atoms with E-state index < -0.39 is 0 Å². The Morgan fingerprint density at radius 1 is 1.39 bits per heavy atom. The molecule has 0 radical (unpaired) electrons. The van der Waals surface area contributed by atoms with Crippen molar-refractivity contribution in [3.8, 4) is 0 Å². The van der Waals surface area contributed by atoms with Gasteiger partial charge in [-0.25, -0.2) is 4.39 Å². The Balaban J connectivity index is 2.75. The zero-order valence-electron chi connectivity index (χ0n) is 11.4. The normalized spacial score (nSPS) is 10.9. The highest BCUT2D eigenvalue weighted by molar-refractivity contribution is 5.25. The van der Waals surface area contributed by atoms with E-state index in [-0.39, 0.29) is 5.82 Å². The quantitative estimate of drug-likeness (QED) is 0.714. The molecule has 0 aliphatic heterocycles. The highest BCUT2D eigenvalue weighted by Gasteiger charge is 2.07. The van der Waals surface area contributed by atoms with Gasteiger partial charge < -0.3 is 5.32 Å². The molecule has 2 nitrogen and oxygen atoms in total. The molecule has 18 heavy (non-hydrogen) atoms. The molecular formula is C15H23FN2. The monoisotopic (exact) mass is 250 g/mol. The summed E-state index contributed by atoms with van der Waals surface area (Å²) in [6.45, 7) is 11.9. The Morgan fingerprint density at radius 2 is 2.17 bits per heavy atom. The van der Waals surface area contributed by atoms with Crippen molar-refractivity contribution in [2.45, 2.75) is 26.9 Å². The summed E-state index contributed by atoms with van der Waals surface area (Å²) in [4.78, 5) is 2.16. The van der Waals surface area contributed by atoms with Crippen LogP contribution in [0.2, 0.25) is 0 Å². The maximum Gasteiger partial charge on any atom is 0.127 e. The van der Waals surface area contributed by atoms with E-state index in [1.54, 1.807) is 6.07 Å². The van der Waals surface area contributed by atoms with E-state index in [1.165, 1.54) is 0 Å². The van der Waals surface area contributed by atoms with Crippen LogP contribution in [0, 0.1) is 5.82 Å². The van der Waals surface area contributed by atoms with Crippen molar-refractivity contribution in [1.82, 2.24) is 10.2 Å². The third kappa shape index (κ3) is 4.59. The SMILES string of the molecule is C=CCN(CC)Cc1cc(CNCC)ccc1F. The average Bonchev–Trinajstić information content (AvgIpc) is 2.38. The summed E-state index contributed by atoms with van der Waals surface area (Å²) in [7, 11) is 0. The fourth-order valence-electron chi connectivity index (χ4n) is 1.86. The number of hydrogen-bond donors (Lipinski definition) is 1. The summed E-state index contributed by atoms with van der Waals surface area (Å²) < 4.78 is 13.8. The summed E-state index contributed by atoms with van der Waals surface area (Å²) in [5.41, 5.74) is 1.89. The molecule has 0 unspecified atom stereocenters. The number of nitrogens with zero attached hydrogens (tertiary/aromatic N) is 1. The van der Waals surface area contributed by atoms with Gasteiger partial charge in [0.2, 0.25) is 0 Å². The van der Waals surface area contributed by atoms with Crippen molar-refractivity contribution < 1.29 is 4.39 Å². The second kappa shape index (κ2) is 8.01. The van der Waals surface area contributed by atoms with E-state index >= 15 is 0 Å². The molecule has 0 spiro atoms. The predicted molar refractivity (Wildman–Crippen MR) is 74.9 cm³/mol. The van der Waals surface area contributed by atoms with E-state index in [0.29, 0.717) is 6.54 Å². The Bertz CT molecular complexity index is 377. The Hall–Kier alpha value is -1.19. The first-order valence-electron chi connectivity index (χ1n) is 6.52. The van der Waals surface area contributed by atoms with Gasteiger partial charge in [0.1, 0.15) is 5.82 Å². The number of nitrogens with one attached hydrogen (secondary N) is 1. The van der Waals surface area contributed by atoms with Gasteiger partial charge in [-0.3, -0.25) is 4.90 Å². The van der Waals surface area contributed by atoms with Crippen molar-refractivity contribution in [1.29, 1.82) is 0 Å². The highest BCUT2D eigenvalue weighted by atomic mass is 19.1. The Morgan fingerprint density at radius 3 is 2.78 bits per heavy atom. The smallest absolute Gasteiger partial charge is 0.127 e. The summed E-state index contributed by atoms with van der Waals surface area (Å²) in [6.07, 6.45) is 1.85. The van der Waals surface area contributed by atoms with E-state index in [9.17, 15) is 4.39 Å². The first kappa shape index (κ1) is 14.9. The third-order valence-electron chi connectivity index (χ3n) is 2.92. The number of rotatable bonds is 8. The molecule has 1 aromatic rings. The molecule has 0 saturated carbocycles. The standard InChI is InChI=1S/C15H23FN2/c1-4-9-18(6-3)12-14-10-13(11-17-5-2)7-8-15(14)16/h4,7-8,10,17H,1,5-6,9,11-12H2,2-3H3. The van der Waals surface area contributed by atoms with Crippen molar-refractivity contribution in [2.24, 2.45) is 0 Å². The van der Waals surface area contributed by atoms with Crippen LogP contribution in [0.5, 0.6) is 0 Å². The molecule has 0 atom stereocenters. The minimum absolute atomic E-state index is 0.127. The summed E-state index contributed by atoms with van der Waals surface area (Å²) in [6, 6.07) is 5.35. The highest BCUT2D eigenvalue weighted by Crippen LogP contribution is 2.13. The van der Waals surface area contributed by atoms with Gasteiger partial charge in [0.05, 0.1) is 0 Å². The lowest BCUT2D eigenvalue weighted by Crippen LogP contribution is -2.23. The Labute approximate surface area is 110 Å². The topological polar surface area (TPSA) is 15.3 Å². The second-order valence-electron chi connectivity index (χ2n) is 4.32. The molecule has 3 heteroatoms. The summed E-state index contributed by atoms with van der Waals surface area (Å²) in [5.74, 6) is -0.127. The molecule has 1 aromatic carbocycles. The molecule has 0 aliphatic rings. The molecule has 0 aliphatic carbocycles. The number of halogens is 1. The van der Waals surface area contributed by atoms with Gasteiger partial charge in [0, 0.05) is 25.2 Å². The van der Waals surface area contributed by atoms with Crippen molar-refractivity contribution in [3.63, 3.8) is 0 Å². The first-order chi connectivity index (χ1) is 8.71. The molecule has 0 aromatic heterocycles. The fraction of sp³-hybridized carbons (Fsp3) is 0.467. The van der Waals surface area contributed by atoms with E-state index in [4.69, 9.17) is 0 Å². The maximum atomic E-state index is 13.8. The van der Waals surface area contributed by atoms with Gasteiger partial charge in [-0.15, -0.1) is 6.58 Å². The van der Waals surface area contributed by atoms with Crippen LogP contribution < -0.4 is 5.32 Å². The van der Waals surface area contributed by atoms with Gasteiger partial charge in [-0.1, -0.05) is 32.1 Å². The lowest BCUT2D eigenvalue weighted by molar-refractivity contribution is 0.306. The lowest BCUT2D eigenvalue weighted by Gasteiger charge is -2.19. The molecule has 0 fully saturated rings. The van der Waals surface area contributed by atoms with E-state index in [2.05, 4.69) is 30.6 Å². The van der Waals surface area contributed by atoms with Crippen LogP contribution in [0.3, 0.4) is 0 Å². The van der Waals surface area contributed by atoms with Crippen LogP contribution in [0.4, 0.5) is 4.39 Å². The van der Waals surface area contributed by atoms with Crippen LogP contribution in [-0.4, -0.2) is 24.5 Å². The van der Waals surface area contributed by atoms with Gasteiger partial charge in [-0.2, -0.15) is 0 Å². The average molecular weight is 250 g/mol. The van der Waals surface area contributed by atoms with Gasteiger partial charge in [0.25, 0.3) is 0 Å². The Kier molecular flexibility index (Phi) is 6.61. The van der Waals surface area contributed by atoms with Gasteiger partial charge >= 0.3 is 0 Å². The largest absolute Gasteiger partial charge is 0.313 e. The fourth-order valence-corrected chi connectivity index (χ4v) is 1.86. The first-order valence-corrected chi connectivity index (χ1v) is 6.52.